The Bertz CT molecular complexity index is 247. The summed E-state index contributed by atoms with van der Waals surface area (Å²) in [5.41, 5.74) is -0.321. The van der Waals surface area contributed by atoms with Crippen LogP contribution < -0.4 is 0 Å². The first-order chi connectivity index (χ1) is 6.74. The molecule has 88 valence electrons. The van der Waals surface area contributed by atoms with Crippen LogP contribution in [-0.4, -0.2) is 30.5 Å². The molecule has 1 saturated carbocycles. The van der Waals surface area contributed by atoms with E-state index in [1.54, 1.807) is 0 Å². The summed E-state index contributed by atoms with van der Waals surface area (Å²) in [4.78, 5) is 2.33. The molecular formula is C12H21F2N. The van der Waals surface area contributed by atoms with E-state index in [1.165, 1.54) is 0 Å². The van der Waals surface area contributed by atoms with Gasteiger partial charge in [-0.1, -0.05) is 20.8 Å². The third-order valence-corrected chi connectivity index (χ3v) is 3.72. The molecule has 15 heavy (non-hydrogen) atoms. The Morgan fingerprint density at radius 1 is 1.13 bits per heavy atom. The summed E-state index contributed by atoms with van der Waals surface area (Å²) in [5.74, 6) is -2.35. The molecule has 0 aromatic carbocycles. The number of halogens is 2. The number of hydrogen-bond acceptors (Lipinski definition) is 1. The van der Waals surface area contributed by atoms with Crippen molar-refractivity contribution >= 4 is 0 Å². The maximum absolute atomic E-state index is 13.1. The molecule has 0 N–H and O–H groups in total. The standard InChI is InChI=1S/C12H21F2N/c1-10(2,3)9-15-6-4-11(5-7-15)8-12(11,13)14/h4-9H2,1-3H3. The first-order valence-corrected chi connectivity index (χ1v) is 5.84. The fourth-order valence-electron chi connectivity index (χ4n) is 2.73. The SMILES string of the molecule is CC(C)(C)CN1CCC2(CC1)CC2(F)F. The zero-order valence-electron chi connectivity index (χ0n) is 9.95. The van der Waals surface area contributed by atoms with E-state index < -0.39 is 11.3 Å². The normalized spacial score (nSPS) is 29.4. The zero-order chi connectivity index (χ0) is 11.3. The van der Waals surface area contributed by atoms with Crippen molar-refractivity contribution < 1.29 is 8.78 Å². The van der Waals surface area contributed by atoms with E-state index in [-0.39, 0.29) is 11.8 Å². The lowest BCUT2D eigenvalue weighted by Crippen LogP contribution is -2.40. The number of hydrogen-bond donors (Lipinski definition) is 0. The molecule has 0 amide bonds. The van der Waals surface area contributed by atoms with E-state index in [2.05, 4.69) is 25.7 Å². The molecule has 1 aliphatic carbocycles. The van der Waals surface area contributed by atoms with Gasteiger partial charge in [-0.3, -0.25) is 0 Å². The fourth-order valence-corrected chi connectivity index (χ4v) is 2.73. The van der Waals surface area contributed by atoms with Gasteiger partial charge in [0.25, 0.3) is 5.92 Å². The lowest BCUT2D eigenvalue weighted by Gasteiger charge is -2.36. The highest BCUT2D eigenvalue weighted by molar-refractivity contribution is 5.11. The number of alkyl halides is 2. The van der Waals surface area contributed by atoms with Gasteiger partial charge in [0.2, 0.25) is 0 Å². The maximum Gasteiger partial charge on any atom is 0.254 e. The van der Waals surface area contributed by atoms with Gasteiger partial charge in [-0.2, -0.15) is 0 Å². The molecule has 0 aromatic heterocycles. The van der Waals surface area contributed by atoms with Gasteiger partial charge in [-0.05, 0) is 31.3 Å². The fraction of sp³-hybridized carbons (Fsp3) is 1.00. The van der Waals surface area contributed by atoms with Crippen molar-refractivity contribution in [1.29, 1.82) is 0 Å². The summed E-state index contributed by atoms with van der Waals surface area (Å²) in [6, 6.07) is 0. The predicted octanol–water partition coefficient (Wildman–Crippen LogP) is 3.15. The van der Waals surface area contributed by atoms with Gasteiger partial charge in [0.15, 0.2) is 0 Å². The van der Waals surface area contributed by atoms with Gasteiger partial charge >= 0.3 is 0 Å². The predicted molar refractivity (Wildman–Crippen MR) is 57.1 cm³/mol. The van der Waals surface area contributed by atoms with E-state index >= 15 is 0 Å². The van der Waals surface area contributed by atoms with Gasteiger partial charge in [0.1, 0.15) is 0 Å². The molecule has 1 heterocycles. The number of rotatable bonds is 1. The average Bonchev–Trinajstić information content (AvgIpc) is 2.56. The summed E-state index contributed by atoms with van der Waals surface area (Å²) >= 11 is 0. The molecule has 2 fully saturated rings. The van der Waals surface area contributed by atoms with Gasteiger partial charge in [-0.15, -0.1) is 0 Å². The Labute approximate surface area is 90.8 Å². The van der Waals surface area contributed by atoms with E-state index in [0.717, 1.165) is 19.6 Å². The third-order valence-electron chi connectivity index (χ3n) is 3.72. The van der Waals surface area contributed by atoms with Crippen LogP contribution in [0.15, 0.2) is 0 Å². The smallest absolute Gasteiger partial charge is 0.254 e. The molecule has 2 aliphatic rings. The number of nitrogens with zero attached hydrogens (tertiary/aromatic N) is 1. The van der Waals surface area contributed by atoms with Crippen LogP contribution in [0.1, 0.15) is 40.0 Å². The van der Waals surface area contributed by atoms with Crippen molar-refractivity contribution in [3.05, 3.63) is 0 Å². The Hall–Kier alpha value is -0.180. The van der Waals surface area contributed by atoms with Crippen molar-refractivity contribution in [3.63, 3.8) is 0 Å². The van der Waals surface area contributed by atoms with Crippen molar-refractivity contribution in [2.24, 2.45) is 10.8 Å². The summed E-state index contributed by atoms with van der Waals surface area (Å²) in [6.45, 7) is 9.32. The molecule has 0 bridgehead atoms. The van der Waals surface area contributed by atoms with Crippen LogP contribution in [0.5, 0.6) is 0 Å². The van der Waals surface area contributed by atoms with Crippen molar-refractivity contribution in [1.82, 2.24) is 4.90 Å². The number of piperidine rings is 1. The van der Waals surface area contributed by atoms with E-state index in [9.17, 15) is 8.78 Å². The topological polar surface area (TPSA) is 3.24 Å². The molecule has 2 rings (SSSR count). The van der Waals surface area contributed by atoms with Crippen LogP contribution in [0.2, 0.25) is 0 Å². The van der Waals surface area contributed by atoms with Crippen LogP contribution in [0.25, 0.3) is 0 Å². The minimum Gasteiger partial charge on any atom is -0.303 e. The van der Waals surface area contributed by atoms with Gasteiger partial charge in [0, 0.05) is 18.4 Å². The zero-order valence-corrected chi connectivity index (χ0v) is 9.95. The first-order valence-electron chi connectivity index (χ1n) is 5.84. The summed E-state index contributed by atoms with van der Waals surface area (Å²) < 4.78 is 26.2. The Morgan fingerprint density at radius 2 is 1.60 bits per heavy atom. The Morgan fingerprint density at radius 3 is 1.93 bits per heavy atom. The average molecular weight is 217 g/mol. The highest BCUT2D eigenvalue weighted by atomic mass is 19.3. The largest absolute Gasteiger partial charge is 0.303 e. The van der Waals surface area contributed by atoms with Gasteiger partial charge in [0.05, 0.1) is 0 Å². The lowest BCUT2D eigenvalue weighted by atomic mass is 9.90. The van der Waals surface area contributed by atoms with Crippen LogP contribution in [0.3, 0.4) is 0 Å². The van der Waals surface area contributed by atoms with E-state index in [4.69, 9.17) is 0 Å². The molecular weight excluding hydrogens is 196 g/mol. The third kappa shape index (κ3) is 2.17. The van der Waals surface area contributed by atoms with Crippen molar-refractivity contribution in [2.75, 3.05) is 19.6 Å². The van der Waals surface area contributed by atoms with E-state index in [0.29, 0.717) is 12.8 Å². The Balaban J connectivity index is 1.84. The van der Waals surface area contributed by atoms with Crippen LogP contribution >= 0.6 is 0 Å². The second kappa shape index (κ2) is 3.16. The van der Waals surface area contributed by atoms with Crippen LogP contribution in [0, 0.1) is 10.8 Å². The summed E-state index contributed by atoms with van der Waals surface area (Å²) in [6.07, 6.45) is 1.52. The van der Waals surface area contributed by atoms with Gasteiger partial charge < -0.3 is 4.90 Å². The number of likely N-dealkylation sites (tertiary alicyclic amines) is 1. The van der Waals surface area contributed by atoms with Gasteiger partial charge in [-0.25, -0.2) is 8.78 Å². The second-order valence-corrected chi connectivity index (χ2v) is 6.50. The highest BCUT2D eigenvalue weighted by Gasteiger charge is 2.70. The molecule has 0 radical (unpaired) electrons. The Kier molecular flexibility index (Phi) is 2.38. The molecule has 0 atom stereocenters. The van der Waals surface area contributed by atoms with Crippen LogP contribution in [-0.2, 0) is 0 Å². The molecule has 3 heteroatoms. The molecule has 1 spiro atoms. The second-order valence-electron chi connectivity index (χ2n) is 6.50. The molecule has 1 saturated heterocycles. The quantitative estimate of drug-likeness (QED) is 0.652. The molecule has 1 nitrogen and oxygen atoms in total. The first kappa shape index (κ1) is 11.3. The molecule has 1 aliphatic heterocycles. The minimum absolute atomic E-state index is 0.142. The monoisotopic (exact) mass is 217 g/mol. The summed E-state index contributed by atoms with van der Waals surface area (Å²) in [7, 11) is 0. The van der Waals surface area contributed by atoms with Crippen molar-refractivity contribution in [3.8, 4) is 0 Å². The maximum atomic E-state index is 13.1. The summed E-state index contributed by atoms with van der Waals surface area (Å²) in [5, 5.41) is 0. The lowest BCUT2D eigenvalue weighted by molar-refractivity contribution is 0.0255. The minimum atomic E-state index is -2.35. The van der Waals surface area contributed by atoms with E-state index in [1.807, 2.05) is 0 Å². The highest BCUT2D eigenvalue weighted by Crippen LogP contribution is 2.65. The molecule has 0 aromatic rings. The van der Waals surface area contributed by atoms with Crippen LogP contribution in [0.4, 0.5) is 8.78 Å². The molecule has 0 unspecified atom stereocenters. The van der Waals surface area contributed by atoms with Crippen molar-refractivity contribution in [2.45, 2.75) is 46.0 Å².